The van der Waals surface area contributed by atoms with E-state index in [1.807, 2.05) is 0 Å². The van der Waals surface area contributed by atoms with Crippen LogP contribution in [0.15, 0.2) is 47.1 Å². The molecule has 0 saturated heterocycles. The van der Waals surface area contributed by atoms with Crippen LogP contribution in [0.25, 0.3) is 0 Å². The van der Waals surface area contributed by atoms with Gasteiger partial charge in [-0.2, -0.15) is 0 Å². The number of hydrogen-bond acceptors (Lipinski definition) is 5. The van der Waals surface area contributed by atoms with Crippen molar-refractivity contribution in [1.29, 1.82) is 0 Å². The summed E-state index contributed by atoms with van der Waals surface area (Å²) in [6.45, 7) is 0.0572. The van der Waals surface area contributed by atoms with Crippen molar-refractivity contribution in [1.82, 2.24) is 10.6 Å². The molecule has 27 heavy (non-hydrogen) atoms. The molecule has 0 aliphatic heterocycles. The van der Waals surface area contributed by atoms with Crippen LogP contribution in [-0.2, 0) is 9.59 Å². The van der Waals surface area contributed by atoms with Crippen molar-refractivity contribution in [2.24, 2.45) is 5.73 Å². The molecule has 0 spiro atoms. The Hall–Kier alpha value is -3.62. The van der Waals surface area contributed by atoms with Crippen molar-refractivity contribution in [2.45, 2.75) is 12.8 Å². The number of nitrogens with two attached hydrogens (primary N) is 1. The van der Waals surface area contributed by atoms with Gasteiger partial charge in [-0.25, -0.2) is 0 Å². The minimum atomic E-state index is -0.646. The van der Waals surface area contributed by atoms with Gasteiger partial charge in [0.05, 0.1) is 12.8 Å². The zero-order valence-electron chi connectivity index (χ0n) is 14.5. The second kappa shape index (κ2) is 9.76. The molecule has 0 aliphatic rings. The molecule has 1 aromatic heterocycles. The number of nitrogens with one attached hydrogen (secondary N) is 3. The van der Waals surface area contributed by atoms with Gasteiger partial charge in [-0.05, 0) is 36.8 Å². The summed E-state index contributed by atoms with van der Waals surface area (Å²) in [6, 6.07) is 9.46. The molecule has 0 fully saturated rings. The fourth-order valence-electron chi connectivity index (χ4n) is 2.18. The number of hydrogen-bond donors (Lipinski definition) is 4. The normalized spacial score (nSPS) is 10.1. The highest BCUT2D eigenvalue weighted by Crippen LogP contribution is 2.11. The molecule has 0 bridgehead atoms. The standard InChI is InChI=1S/C18H20N4O5/c19-15(23)11-21-17(25)12-4-1-5-13(10-12)22-16(24)7-2-8-20-18(26)14-6-3-9-27-14/h1,3-6,9-10H,2,7-8,11H2,(H2,19,23)(H,20,26)(H,21,25)(H,22,24). The van der Waals surface area contributed by atoms with E-state index in [-0.39, 0.29) is 30.5 Å². The van der Waals surface area contributed by atoms with Crippen LogP contribution in [0.3, 0.4) is 0 Å². The quantitative estimate of drug-likeness (QED) is 0.478. The molecule has 9 nitrogen and oxygen atoms in total. The lowest BCUT2D eigenvalue weighted by atomic mass is 10.2. The molecule has 0 radical (unpaired) electrons. The topological polar surface area (TPSA) is 144 Å². The lowest BCUT2D eigenvalue weighted by Gasteiger charge is -2.08. The fourth-order valence-corrected chi connectivity index (χ4v) is 2.18. The molecule has 0 atom stereocenters. The van der Waals surface area contributed by atoms with Gasteiger partial charge in [0.15, 0.2) is 5.76 Å². The SMILES string of the molecule is NC(=O)CNC(=O)c1cccc(NC(=O)CCCNC(=O)c2ccco2)c1. The van der Waals surface area contributed by atoms with Gasteiger partial charge in [-0.3, -0.25) is 19.2 Å². The predicted octanol–water partition coefficient (Wildman–Crippen LogP) is 0.643. The van der Waals surface area contributed by atoms with Gasteiger partial charge >= 0.3 is 0 Å². The van der Waals surface area contributed by atoms with Gasteiger partial charge in [0.2, 0.25) is 11.8 Å². The first-order valence-electron chi connectivity index (χ1n) is 8.24. The van der Waals surface area contributed by atoms with E-state index in [1.54, 1.807) is 30.3 Å². The maximum Gasteiger partial charge on any atom is 0.286 e. The molecule has 9 heteroatoms. The summed E-state index contributed by atoms with van der Waals surface area (Å²) < 4.78 is 4.96. The molecule has 5 N–H and O–H groups in total. The van der Waals surface area contributed by atoms with E-state index in [0.717, 1.165) is 0 Å². The highest BCUT2D eigenvalue weighted by Gasteiger charge is 2.10. The van der Waals surface area contributed by atoms with Gasteiger partial charge in [0.25, 0.3) is 11.8 Å². The Bertz CT molecular complexity index is 817. The van der Waals surface area contributed by atoms with Crippen LogP contribution < -0.4 is 21.7 Å². The average Bonchev–Trinajstić information content (AvgIpc) is 3.18. The second-order valence-corrected chi connectivity index (χ2v) is 5.61. The van der Waals surface area contributed by atoms with Crippen LogP contribution >= 0.6 is 0 Å². The number of carbonyl (C=O) groups excluding carboxylic acids is 4. The summed E-state index contributed by atoms with van der Waals surface area (Å²) in [5.74, 6) is -1.49. The van der Waals surface area contributed by atoms with E-state index in [0.29, 0.717) is 24.2 Å². The Labute approximate surface area is 155 Å². The lowest BCUT2D eigenvalue weighted by Crippen LogP contribution is -2.33. The van der Waals surface area contributed by atoms with Crippen molar-refractivity contribution in [2.75, 3.05) is 18.4 Å². The molecular weight excluding hydrogens is 352 g/mol. The van der Waals surface area contributed by atoms with Crippen LogP contribution in [0.5, 0.6) is 0 Å². The van der Waals surface area contributed by atoms with E-state index in [1.165, 1.54) is 12.3 Å². The Morgan fingerprint density at radius 2 is 1.81 bits per heavy atom. The molecular formula is C18H20N4O5. The smallest absolute Gasteiger partial charge is 0.286 e. The minimum Gasteiger partial charge on any atom is -0.459 e. The average molecular weight is 372 g/mol. The third-order valence-electron chi connectivity index (χ3n) is 3.44. The van der Waals surface area contributed by atoms with Crippen LogP contribution in [0.2, 0.25) is 0 Å². The third kappa shape index (κ3) is 6.65. The highest BCUT2D eigenvalue weighted by molar-refractivity contribution is 5.98. The van der Waals surface area contributed by atoms with Gasteiger partial charge in [-0.15, -0.1) is 0 Å². The van der Waals surface area contributed by atoms with E-state index in [9.17, 15) is 19.2 Å². The maximum absolute atomic E-state index is 12.0. The third-order valence-corrected chi connectivity index (χ3v) is 3.44. The molecule has 2 aromatic rings. The van der Waals surface area contributed by atoms with Gasteiger partial charge in [0.1, 0.15) is 0 Å². The van der Waals surface area contributed by atoms with Crippen LogP contribution in [0.4, 0.5) is 5.69 Å². The number of anilines is 1. The predicted molar refractivity (Wildman–Crippen MR) is 96.9 cm³/mol. The number of rotatable bonds is 9. The van der Waals surface area contributed by atoms with Gasteiger partial charge < -0.3 is 26.1 Å². The molecule has 0 aliphatic carbocycles. The van der Waals surface area contributed by atoms with Gasteiger partial charge in [-0.1, -0.05) is 6.07 Å². The fraction of sp³-hybridized carbons (Fsp3) is 0.222. The first-order valence-corrected chi connectivity index (χ1v) is 8.24. The Morgan fingerprint density at radius 1 is 1.00 bits per heavy atom. The molecule has 4 amide bonds. The van der Waals surface area contributed by atoms with Gasteiger partial charge in [0, 0.05) is 24.2 Å². The molecule has 1 heterocycles. The maximum atomic E-state index is 12.0. The zero-order chi connectivity index (χ0) is 19.6. The molecule has 2 rings (SSSR count). The highest BCUT2D eigenvalue weighted by atomic mass is 16.3. The Balaban J connectivity index is 1.75. The Kier molecular flexibility index (Phi) is 7.12. The van der Waals surface area contributed by atoms with Crippen molar-refractivity contribution >= 4 is 29.3 Å². The van der Waals surface area contributed by atoms with E-state index >= 15 is 0 Å². The molecule has 142 valence electrons. The largest absolute Gasteiger partial charge is 0.459 e. The summed E-state index contributed by atoms with van der Waals surface area (Å²) in [5.41, 5.74) is 5.72. The molecule has 0 saturated carbocycles. The number of benzene rings is 1. The van der Waals surface area contributed by atoms with Crippen LogP contribution in [-0.4, -0.2) is 36.7 Å². The summed E-state index contributed by atoms with van der Waals surface area (Å²) in [7, 11) is 0. The minimum absolute atomic E-state index is 0.191. The van der Waals surface area contributed by atoms with Crippen molar-refractivity contribution in [3.05, 3.63) is 54.0 Å². The first-order chi connectivity index (χ1) is 13.0. The van der Waals surface area contributed by atoms with E-state index in [2.05, 4.69) is 16.0 Å². The number of furan rings is 1. The van der Waals surface area contributed by atoms with E-state index in [4.69, 9.17) is 10.2 Å². The van der Waals surface area contributed by atoms with Crippen LogP contribution in [0, 0.1) is 0 Å². The van der Waals surface area contributed by atoms with Crippen molar-refractivity contribution < 1.29 is 23.6 Å². The zero-order valence-corrected chi connectivity index (χ0v) is 14.5. The van der Waals surface area contributed by atoms with E-state index < -0.39 is 11.8 Å². The van der Waals surface area contributed by atoms with Crippen LogP contribution in [0.1, 0.15) is 33.8 Å². The number of amides is 4. The summed E-state index contributed by atoms with van der Waals surface area (Å²) in [6.07, 6.45) is 2.04. The molecule has 1 aromatic carbocycles. The summed E-state index contributed by atoms with van der Waals surface area (Å²) >= 11 is 0. The second-order valence-electron chi connectivity index (χ2n) is 5.61. The first kappa shape index (κ1) is 19.7. The summed E-state index contributed by atoms with van der Waals surface area (Å²) in [5, 5.41) is 7.69. The lowest BCUT2D eigenvalue weighted by molar-refractivity contribution is -0.117. The van der Waals surface area contributed by atoms with Crippen molar-refractivity contribution in [3.8, 4) is 0 Å². The summed E-state index contributed by atoms with van der Waals surface area (Å²) in [4.78, 5) is 46.2. The number of primary amides is 1. The molecule has 0 unspecified atom stereocenters. The van der Waals surface area contributed by atoms with Crippen molar-refractivity contribution in [3.63, 3.8) is 0 Å². The Morgan fingerprint density at radius 3 is 2.52 bits per heavy atom. The number of carbonyl (C=O) groups is 4. The monoisotopic (exact) mass is 372 g/mol.